The molecule has 0 fully saturated rings. The molecule has 150 valence electrons. The summed E-state index contributed by atoms with van der Waals surface area (Å²) in [5.41, 5.74) is 7.53. The SMILES string of the molecule is CCc1cc2c(N/N=C3/C[C@@H](c4ccccc4)Oc4ccc(C)cc43)ncnc2s1. The molecule has 5 nitrogen and oxygen atoms in total. The summed E-state index contributed by atoms with van der Waals surface area (Å²) in [4.78, 5) is 11.1. The maximum Gasteiger partial charge on any atom is 0.158 e. The summed E-state index contributed by atoms with van der Waals surface area (Å²) in [7, 11) is 0. The molecule has 0 bridgehead atoms. The number of hydrazone groups is 1. The van der Waals surface area contributed by atoms with Crippen LogP contribution in [0.15, 0.2) is 66.0 Å². The van der Waals surface area contributed by atoms with Gasteiger partial charge in [-0.3, -0.25) is 5.43 Å². The number of nitrogens with zero attached hydrogens (tertiary/aromatic N) is 3. The Hall–Kier alpha value is -3.25. The molecule has 0 saturated heterocycles. The molecule has 0 unspecified atom stereocenters. The molecule has 0 radical (unpaired) electrons. The van der Waals surface area contributed by atoms with Crippen molar-refractivity contribution in [2.75, 3.05) is 5.43 Å². The number of hydrogen-bond donors (Lipinski definition) is 1. The molecule has 6 heteroatoms. The van der Waals surface area contributed by atoms with Gasteiger partial charge in [-0.2, -0.15) is 5.10 Å². The van der Waals surface area contributed by atoms with E-state index in [1.165, 1.54) is 10.4 Å². The molecule has 1 atom stereocenters. The van der Waals surface area contributed by atoms with Crippen LogP contribution in [0.5, 0.6) is 5.75 Å². The first-order valence-electron chi connectivity index (χ1n) is 10.1. The predicted octanol–water partition coefficient (Wildman–Crippen LogP) is 5.90. The van der Waals surface area contributed by atoms with Crippen LogP contribution in [-0.2, 0) is 6.42 Å². The van der Waals surface area contributed by atoms with Crippen molar-refractivity contribution in [2.24, 2.45) is 5.10 Å². The Morgan fingerprint density at radius 2 is 2.00 bits per heavy atom. The van der Waals surface area contributed by atoms with Gasteiger partial charge in [0.05, 0.1) is 11.1 Å². The number of nitrogens with one attached hydrogen (secondary N) is 1. The molecule has 5 rings (SSSR count). The minimum Gasteiger partial charge on any atom is -0.485 e. The van der Waals surface area contributed by atoms with Crippen LogP contribution in [0.2, 0.25) is 0 Å². The van der Waals surface area contributed by atoms with Crippen molar-refractivity contribution in [3.8, 4) is 5.75 Å². The number of hydrogen-bond acceptors (Lipinski definition) is 6. The van der Waals surface area contributed by atoms with E-state index in [1.807, 2.05) is 24.3 Å². The number of benzene rings is 2. The molecule has 0 saturated carbocycles. The average Bonchev–Trinajstić information content (AvgIpc) is 3.22. The lowest BCUT2D eigenvalue weighted by atomic mass is 9.94. The fourth-order valence-electron chi connectivity index (χ4n) is 3.70. The second-order valence-corrected chi connectivity index (χ2v) is 8.51. The third kappa shape index (κ3) is 3.55. The molecule has 0 spiro atoms. The number of ether oxygens (including phenoxy) is 1. The highest BCUT2D eigenvalue weighted by Crippen LogP contribution is 2.36. The fraction of sp³-hybridized carbons (Fsp3) is 0.208. The molecular weight excluding hydrogens is 392 g/mol. The van der Waals surface area contributed by atoms with Crippen molar-refractivity contribution < 1.29 is 4.74 Å². The number of aromatic nitrogens is 2. The minimum absolute atomic E-state index is 0.0692. The lowest BCUT2D eigenvalue weighted by Crippen LogP contribution is -2.22. The first-order chi connectivity index (χ1) is 14.7. The second-order valence-electron chi connectivity index (χ2n) is 7.40. The standard InChI is InChI=1S/C24H22N4OS/c1-3-17-12-19-23(25-14-26-24(19)30-17)28-27-20-13-22(16-7-5-4-6-8-16)29-21-10-9-15(2)11-18(20)21/h4-12,14,22H,3,13H2,1-2H3,(H,25,26,28)/b27-20-/t22-/m0/s1. The Kier molecular flexibility index (Phi) is 4.93. The van der Waals surface area contributed by atoms with Crippen LogP contribution in [-0.4, -0.2) is 15.7 Å². The summed E-state index contributed by atoms with van der Waals surface area (Å²) < 4.78 is 6.31. The van der Waals surface area contributed by atoms with Crippen LogP contribution in [0.25, 0.3) is 10.2 Å². The summed E-state index contributed by atoms with van der Waals surface area (Å²) in [6.07, 6.45) is 3.19. The second kappa shape index (κ2) is 7.88. The molecule has 0 amide bonds. The van der Waals surface area contributed by atoms with Crippen molar-refractivity contribution >= 4 is 33.1 Å². The van der Waals surface area contributed by atoms with Gasteiger partial charge in [-0.25, -0.2) is 9.97 Å². The van der Waals surface area contributed by atoms with E-state index in [9.17, 15) is 0 Å². The van der Waals surface area contributed by atoms with Crippen molar-refractivity contribution in [1.82, 2.24) is 9.97 Å². The highest BCUT2D eigenvalue weighted by atomic mass is 32.1. The quantitative estimate of drug-likeness (QED) is 0.422. The van der Waals surface area contributed by atoms with Gasteiger partial charge in [-0.15, -0.1) is 11.3 Å². The summed E-state index contributed by atoms with van der Waals surface area (Å²) in [5.74, 6) is 1.60. The monoisotopic (exact) mass is 414 g/mol. The highest BCUT2D eigenvalue weighted by molar-refractivity contribution is 7.18. The van der Waals surface area contributed by atoms with Crippen molar-refractivity contribution in [1.29, 1.82) is 0 Å². The van der Waals surface area contributed by atoms with Gasteiger partial charge in [-0.05, 0) is 37.1 Å². The lowest BCUT2D eigenvalue weighted by molar-refractivity contribution is 0.206. The van der Waals surface area contributed by atoms with E-state index in [1.54, 1.807) is 17.7 Å². The van der Waals surface area contributed by atoms with E-state index >= 15 is 0 Å². The van der Waals surface area contributed by atoms with Gasteiger partial charge in [0.25, 0.3) is 0 Å². The summed E-state index contributed by atoms with van der Waals surface area (Å²) >= 11 is 1.70. The lowest BCUT2D eigenvalue weighted by Gasteiger charge is -2.28. The topological polar surface area (TPSA) is 59.4 Å². The fourth-order valence-corrected chi connectivity index (χ4v) is 4.64. The number of aryl methyl sites for hydroxylation is 2. The molecule has 1 aliphatic rings. The van der Waals surface area contributed by atoms with E-state index in [0.717, 1.165) is 45.0 Å². The summed E-state index contributed by atoms with van der Waals surface area (Å²) in [6, 6.07) is 18.7. The molecule has 0 aliphatic carbocycles. The van der Waals surface area contributed by atoms with Gasteiger partial charge in [0.1, 0.15) is 23.0 Å². The molecule has 2 aromatic heterocycles. The van der Waals surface area contributed by atoms with Crippen LogP contribution in [0.3, 0.4) is 0 Å². The molecule has 1 aliphatic heterocycles. The van der Waals surface area contributed by atoms with Gasteiger partial charge in [0.15, 0.2) is 5.82 Å². The van der Waals surface area contributed by atoms with Crippen LogP contribution in [0.4, 0.5) is 5.82 Å². The predicted molar refractivity (Wildman–Crippen MR) is 123 cm³/mol. The van der Waals surface area contributed by atoms with Crippen LogP contribution in [0.1, 0.15) is 41.0 Å². The number of rotatable bonds is 4. The van der Waals surface area contributed by atoms with Gasteiger partial charge in [0, 0.05) is 16.9 Å². The number of fused-ring (bicyclic) bond motifs is 2. The summed E-state index contributed by atoms with van der Waals surface area (Å²) in [5, 5.41) is 5.81. The smallest absolute Gasteiger partial charge is 0.158 e. The number of thiophene rings is 1. The molecule has 3 heterocycles. The minimum atomic E-state index is -0.0692. The van der Waals surface area contributed by atoms with Crippen molar-refractivity contribution in [3.05, 3.63) is 82.5 Å². The third-order valence-corrected chi connectivity index (χ3v) is 6.48. The first kappa shape index (κ1) is 18.8. The van der Waals surface area contributed by atoms with Gasteiger partial charge < -0.3 is 4.74 Å². The first-order valence-corrected chi connectivity index (χ1v) is 10.9. The average molecular weight is 415 g/mol. The van der Waals surface area contributed by atoms with Gasteiger partial charge in [-0.1, -0.05) is 48.9 Å². The molecule has 1 N–H and O–H groups in total. The van der Waals surface area contributed by atoms with E-state index in [0.29, 0.717) is 6.42 Å². The highest BCUT2D eigenvalue weighted by Gasteiger charge is 2.26. The van der Waals surface area contributed by atoms with E-state index in [2.05, 4.69) is 59.6 Å². The Labute approximate surface area is 179 Å². The zero-order valence-electron chi connectivity index (χ0n) is 16.9. The maximum atomic E-state index is 6.31. The van der Waals surface area contributed by atoms with Crippen LogP contribution >= 0.6 is 11.3 Å². The van der Waals surface area contributed by atoms with Crippen LogP contribution in [0, 0.1) is 6.92 Å². The van der Waals surface area contributed by atoms with E-state index < -0.39 is 0 Å². The zero-order chi connectivity index (χ0) is 20.5. The van der Waals surface area contributed by atoms with E-state index in [4.69, 9.17) is 9.84 Å². The van der Waals surface area contributed by atoms with Crippen molar-refractivity contribution in [2.45, 2.75) is 32.8 Å². The Morgan fingerprint density at radius 3 is 2.83 bits per heavy atom. The normalized spacial score (nSPS) is 17.0. The molecular formula is C24H22N4OS. The summed E-state index contributed by atoms with van der Waals surface area (Å²) in [6.45, 7) is 4.23. The Morgan fingerprint density at radius 1 is 1.13 bits per heavy atom. The third-order valence-electron chi connectivity index (χ3n) is 5.29. The van der Waals surface area contributed by atoms with Crippen LogP contribution < -0.4 is 10.2 Å². The van der Waals surface area contributed by atoms with Gasteiger partial charge >= 0.3 is 0 Å². The molecule has 2 aromatic carbocycles. The van der Waals surface area contributed by atoms with Gasteiger partial charge in [0.2, 0.25) is 0 Å². The largest absolute Gasteiger partial charge is 0.485 e. The van der Waals surface area contributed by atoms with Crippen molar-refractivity contribution in [3.63, 3.8) is 0 Å². The molecule has 4 aromatic rings. The Balaban J connectivity index is 1.53. The molecule has 30 heavy (non-hydrogen) atoms. The van der Waals surface area contributed by atoms with E-state index in [-0.39, 0.29) is 6.10 Å². The number of anilines is 1. The zero-order valence-corrected chi connectivity index (χ0v) is 17.7. The Bertz CT molecular complexity index is 1230. The maximum absolute atomic E-state index is 6.31.